The summed E-state index contributed by atoms with van der Waals surface area (Å²) in [6, 6.07) is 1.88. The van der Waals surface area contributed by atoms with Gasteiger partial charge in [0.2, 0.25) is 0 Å². The summed E-state index contributed by atoms with van der Waals surface area (Å²) >= 11 is 5.85. The Hall–Kier alpha value is -0.820. The Morgan fingerprint density at radius 2 is 2.27 bits per heavy atom. The number of rotatable bonds is 1. The van der Waals surface area contributed by atoms with Crippen LogP contribution in [0, 0.1) is 6.92 Å². The van der Waals surface area contributed by atoms with Crippen LogP contribution < -0.4 is 0 Å². The maximum Gasteiger partial charge on any atom is 0.0624 e. The lowest BCUT2D eigenvalue weighted by molar-refractivity contribution is 1.19. The van der Waals surface area contributed by atoms with E-state index >= 15 is 0 Å². The molecule has 0 aromatic carbocycles. The molecule has 0 atom stereocenters. The molecule has 1 aromatic heterocycles. The van der Waals surface area contributed by atoms with E-state index in [1.54, 1.807) is 6.20 Å². The van der Waals surface area contributed by atoms with E-state index in [2.05, 4.69) is 11.6 Å². The van der Waals surface area contributed by atoms with Crippen molar-refractivity contribution in [1.82, 2.24) is 4.98 Å². The van der Waals surface area contributed by atoms with Gasteiger partial charge in [0.25, 0.3) is 0 Å². The highest BCUT2D eigenvalue weighted by Crippen LogP contribution is 2.18. The summed E-state index contributed by atoms with van der Waals surface area (Å²) in [5.74, 6) is 0. The second kappa shape index (κ2) is 3.05. The van der Waals surface area contributed by atoms with Crippen LogP contribution in [-0.4, -0.2) is 4.98 Å². The molecule has 0 saturated heterocycles. The first-order valence-electron chi connectivity index (χ1n) is 3.39. The maximum absolute atomic E-state index is 5.85. The van der Waals surface area contributed by atoms with E-state index in [0.717, 1.165) is 16.8 Å². The van der Waals surface area contributed by atoms with Gasteiger partial charge < -0.3 is 0 Å². The SMILES string of the molecule is C=C(C)c1cnc(C)c(Cl)c1. The van der Waals surface area contributed by atoms with E-state index < -0.39 is 0 Å². The lowest BCUT2D eigenvalue weighted by Gasteiger charge is -2.00. The normalized spacial score (nSPS) is 9.73. The number of nitrogens with zero attached hydrogens (tertiary/aromatic N) is 1. The molecule has 0 N–H and O–H groups in total. The van der Waals surface area contributed by atoms with Crippen molar-refractivity contribution in [3.63, 3.8) is 0 Å². The molecule has 0 spiro atoms. The van der Waals surface area contributed by atoms with Crippen molar-refractivity contribution >= 4 is 17.2 Å². The molecular weight excluding hydrogens is 158 g/mol. The van der Waals surface area contributed by atoms with Crippen LogP contribution in [0.2, 0.25) is 5.02 Å². The van der Waals surface area contributed by atoms with E-state index in [9.17, 15) is 0 Å². The molecule has 0 radical (unpaired) electrons. The molecular formula is C9H10ClN. The summed E-state index contributed by atoms with van der Waals surface area (Å²) in [7, 11) is 0. The van der Waals surface area contributed by atoms with Crippen LogP contribution in [-0.2, 0) is 0 Å². The van der Waals surface area contributed by atoms with Gasteiger partial charge in [-0.2, -0.15) is 0 Å². The molecule has 0 aliphatic rings. The van der Waals surface area contributed by atoms with Gasteiger partial charge >= 0.3 is 0 Å². The fourth-order valence-corrected chi connectivity index (χ4v) is 0.906. The van der Waals surface area contributed by atoms with Gasteiger partial charge in [-0.25, -0.2) is 0 Å². The largest absolute Gasteiger partial charge is 0.259 e. The van der Waals surface area contributed by atoms with E-state index in [1.165, 1.54) is 0 Å². The molecule has 0 aliphatic carbocycles. The molecule has 1 heterocycles. The van der Waals surface area contributed by atoms with Crippen molar-refractivity contribution in [3.05, 3.63) is 35.1 Å². The average Bonchev–Trinajstić information content (AvgIpc) is 1.94. The third-order valence-electron chi connectivity index (χ3n) is 1.52. The van der Waals surface area contributed by atoms with E-state index in [1.807, 2.05) is 19.9 Å². The predicted molar refractivity (Wildman–Crippen MR) is 48.7 cm³/mol. The fourth-order valence-electron chi connectivity index (χ4n) is 0.740. The zero-order chi connectivity index (χ0) is 8.43. The minimum atomic E-state index is 0.700. The van der Waals surface area contributed by atoms with Crippen LogP contribution in [0.4, 0.5) is 0 Å². The van der Waals surface area contributed by atoms with Gasteiger partial charge in [0.15, 0.2) is 0 Å². The number of halogens is 1. The van der Waals surface area contributed by atoms with Crippen LogP contribution in [0.3, 0.4) is 0 Å². The summed E-state index contributed by atoms with van der Waals surface area (Å²) in [4.78, 5) is 4.11. The predicted octanol–water partition coefficient (Wildman–Crippen LogP) is 3.08. The lowest BCUT2D eigenvalue weighted by atomic mass is 10.1. The fraction of sp³-hybridized carbons (Fsp3) is 0.222. The van der Waals surface area contributed by atoms with Crippen LogP contribution in [0.1, 0.15) is 18.2 Å². The quantitative estimate of drug-likeness (QED) is 0.627. The lowest BCUT2D eigenvalue weighted by Crippen LogP contribution is -1.85. The molecule has 1 nitrogen and oxygen atoms in total. The molecule has 0 unspecified atom stereocenters. The highest BCUT2D eigenvalue weighted by atomic mass is 35.5. The number of aryl methyl sites for hydroxylation is 1. The smallest absolute Gasteiger partial charge is 0.0624 e. The van der Waals surface area contributed by atoms with Gasteiger partial charge in [-0.15, -0.1) is 0 Å². The Balaban J connectivity index is 3.15. The second-order valence-electron chi connectivity index (χ2n) is 2.57. The molecule has 58 valence electrons. The van der Waals surface area contributed by atoms with E-state index in [-0.39, 0.29) is 0 Å². The van der Waals surface area contributed by atoms with E-state index in [0.29, 0.717) is 5.02 Å². The minimum absolute atomic E-state index is 0.700. The third-order valence-corrected chi connectivity index (χ3v) is 1.90. The van der Waals surface area contributed by atoms with Crippen molar-refractivity contribution in [2.75, 3.05) is 0 Å². The zero-order valence-corrected chi connectivity index (χ0v) is 7.44. The molecule has 11 heavy (non-hydrogen) atoms. The Kier molecular flexibility index (Phi) is 2.30. The molecule has 2 heteroatoms. The first-order chi connectivity index (χ1) is 5.11. The standard InChI is InChI=1S/C9H10ClN/c1-6(2)8-4-9(10)7(3)11-5-8/h4-5H,1H2,2-3H3. The summed E-state index contributed by atoms with van der Waals surface area (Å²) in [6.07, 6.45) is 1.78. The minimum Gasteiger partial charge on any atom is -0.259 e. The van der Waals surface area contributed by atoms with Crippen molar-refractivity contribution in [1.29, 1.82) is 0 Å². The molecule has 1 rings (SSSR count). The summed E-state index contributed by atoms with van der Waals surface area (Å²) < 4.78 is 0. The molecule has 0 aliphatic heterocycles. The monoisotopic (exact) mass is 167 g/mol. The van der Waals surface area contributed by atoms with E-state index in [4.69, 9.17) is 11.6 Å². The topological polar surface area (TPSA) is 12.9 Å². The van der Waals surface area contributed by atoms with Crippen molar-refractivity contribution in [3.8, 4) is 0 Å². The Morgan fingerprint density at radius 3 is 2.73 bits per heavy atom. The molecule has 0 bridgehead atoms. The highest BCUT2D eigenvalue weighted by molar-refractivity contribution is 6.31. The number of aromatic nitrogens is 1. The average molecular weight is 168 g/mol. The van der Waals surface area contributed by atoms with Gasteiger partial charge in [0, 0.05) is 6.20 Å². The van der Waals surface area contributed by atoms with Crippen LogP contribution in [0.5, 0.6) is 0 Å². The number of hydrogen-bond acceptors (Lipinski definition) is 1. The van der Waals surface area contributed by atoms with Crippen LogP contribution >= 0.6 is 11.6 Å². The van der Waals surface area contributed by atoms with Gasteiger partial charge in [-0.3, -0.25) is 4.98 Å². The van der Waals surface area contributed by atoms with Crippen molar-refractivity contribution in [2.24, 2.45) is 0 Å². The third kappa shape index (κ3) is 1.81. The Morgan fingerprint density at radius 1 is 1.64 bits per heavy atom. The first kappa shape index (κ1) is 8.28. The Bertz CT molecular complexity index is 292. The highest BCUT2D eigenvalue weighted by Gasteiger charge is 1.98. The zero-order valence-electron chi connectivity index (χ0n) is 6.69. The number of hydrogen-bond donors (Lipinski definition) is 0. The summed E-state index contributed by atoms with van der Waals surface area (Å²) in [5.41, 5.74) is 2.84. The summed E-state index contributed by atoms with van der Waals surface area (Å²) in [6.45, 7) is 7.61. The number of pyridine rings is 1. The number of allylic oxidation sites excluding steroid dienone is 1. The Labute approximate surface area is 71.7 Å². The summed E-state index contributed by atoms with van der Waals surface area (Å²) in [5, 5.41) is 0.700. The van der Waals surface area contributed by atoms with Crippen molar-refractivity contribution < 1.29 is 0 Å². The maximum atomic E-state index is 5.85. The first-order valence-corrected chi connectivity index (χ1v) is 3.77. The van der Waals surface area contributed by atoms with Crippen LogP contribution in [0.25, 0.3) is 5.57 Å². The molecule has 1 aromatic rings. The molecule has 0 fully saturated rings. The van der Waals surface area contributed by atoms with Gasteiger partial charge in [-0.1, -0.05) is 18.2 Å². The van der Waals surface area contributed by atoms with Gasteiger partial charge in [-0.05, 0) is 31.1 Å². The van der Waals surface area contributed by atoms with Crippen LogP contribution in [0.15, 0.2) is 18.8 Å². The molecule has 0 amide bonds. The molecule has 0 saturated carbocycles. The van der Waals surface area contributed by atoms with Crippen molar-refractivity contribution in [2.45, 2.75) is 13.8 Å². The second-order valence-corrected chi connectivity index (χ2v) is 2.98. The van der Waals surface area contributed by atoms with Gasteiger partial charge in [0.1, 0.15) is 0 Å². The van der Waals surface area contributed by atoms with Gasteiger partial charge in [0.05, 0.1) is 10.7 Å².